The highest BCUT2D eigenvalue weighted by molar-refractivity contribution is 5.79. The fourth-order valence-corrected chi connectivity index (χ4v) is 3.68. The maximum atomic E-state index is 12.6. The second kappa shape index (κ2) is 9.96. The Morgan fingerprint density at radius 1 is 1.16 bits per heavy atom. The number of hydrogen-bond donors (Lipinski definition) is 1. The highest BCUT2D eigenvalue weighted by Crippen LogP contribution is 2.32. The largest absolute Gasteiger partial charge is 0.374 e. The molecule has 1 fully saturated rings. The smallest absolute Gasteiger partial charge is 0.223 e. The van der Waals surface area contributed by atoms with Crippen LogP contribution in [0.4, 0.5) is 0 Å². The zero-order valence-corrected chi connectivity index (χ0v) is 16.2. The summed E-state index contributed by atoms with van der Waals surface area (Å²) >= 11 is 0. The summed E-state index contributed by atoms with van der Waals surface area (Å²) < 4.78 is 5.82. The molecule has 1 aliphatic rings. The monoisotopic (exact) mass is 345 g/mol. The van der Waals surface area contributed by atoms with Crippen LogP contribution in [0, 0.1) is 11.8 Å². The first kappa shape index (κ1) is 20.0. The predicted molar refractivity (Wildman–Crippen MR) is 103 cm³/mol. The van der Waals surface area contributed by atoms with E-state index in [-0.39, 0.29) is 17.4 Å². The summed E-state index contributed by atoms with van der Waals surface area (Å²) in [6.07, 6.45) is 8.45. The third kappa shape index (κ3) is 7.19. The number of unbranched alkanes of at least 4 members (excludes halogenated alkanes) is 1. The van der Waals surface area contributed by atoms with E-state index >= 15 is 0 Å². The molecule has 0 atom stereocenters. The second-order valence-electron chi connectivity index (χ2n) is 8.21. The van der Waals surface area contributed by atoms with Crippen LogP contribution < -0.4 is 5.32 Å². The molecule has 25 heavy (non-hydrogen) atoms. The lowest BCUT2D eigenvalue weighted by Gasteiger charge is -2.32. The second-order valence-corrected chi connectivity index (χ2v) is 8.21. The van der Waals surface area contributed by atoms with Crippen LogP contribution in [0.5, 0.6) is 0 Å². The van der Waals surface area contributed by atoms with Gasteiger partial charge in [-0.05, 0) is 51.0 Å². The Morgan fingerprint density at radius 2 is 1.84 bits per heavy atom. The first-order chi connectivity index (χ1) is 12.0. The lowest BCUT2D eigenvalue weighted by Crippen LogP contribution is -2.49. The van der Waals surface area contributed by atoms with Gasteiger partial charge in [-0.2, -0.15) is 0 Å². The van der Waals surface area contributed by atoms with E-state index in [0.717, 1.165) is 24.3 Å². The van der Waals surface area contributed by atoms with E-state index < -0.39 is 0 Å². The van der Waals surface area contributed by atoms with Gasteiger partial charge in [0.15, 0.2) is 0 Å². The molecular weight excluding hydrogens is 310 g/mol. The van der Waals surface area contributed by atoms with E-state index in [4.69, 9.17) is 4.74 Å². The average molecular weight is 346 g/mol. The standard InChI is InChI=1S/C22H35NO2/c1-4-5-9-18-12-14-20(15-13-18)21(24)23-22(2,3)17-25-16-19-10-7-6-8-11-19/h6-8,10-11,18,20H,4-5,9,12-17H2,1-3H3,(H,23,24). The zero-order chi connectivity index (χ0) is 18.1. The van der Waals surface area contributed by atoms with Gasteiger partial charge in [0.2, 0.25) is 5.91 Å². The molecular formula is C22H35NO2. The van der Waals surface area contributed by atoms with Gasteiger partial charge in [-0.3, -0.25) is 4.79 Å². The van der Waals surface area contributed by atoms with Gasteiger partial charge in [0, 0.05) is 5.92 Å². The van der Waals surface area contributed by atoms with Crippen molar-refractivity contribution < 1.29 is 9.53 Å². The van der Waals surface area contributed by atoms with Crippen LogP contribution in [0.2, 0.25) is 0 Å². The zero-order valence-electron chi connectivity index (χ0n) is 16.2. The van der Waals surface area contributed by atoms with Crippen LogP contribution >= 0.6 is 0 Å². The number of carbonyl (C=O) groups is 1. The van der Waals surface area contributed by atoms with Crippen LogP contribution in [0.25, 0.3) is 0 Å². The van der Waals surface area contributed by atoms with Crippen LogP contribution in [0.3, 0.4) is 0 Å². The summed E-state index contributed by atoms with van der Waals surface area (Å²) in [7, 11) is 0. The summed E-state index contributed by atoms with van der Waals surface area (Å²) in [4.78, 5) is 12.6. The van der Waals surface area contributed by atoms with Crippen LogP contribution in [0.1, 0.15) is 71.3 Å². The molecule has 1 saturated carbocycles. The van der Waals surface area contributed by atoms with E-state index in [1.165, 1.54) is 32.1 Å². The van der Waals surface area contributed by atoms with Crippen molar-refractivity contribution in [2.75, 3.05) is 6.61 Å². The van der Waals surface area contributed by atoms with E-state index in [9.17, 15) is 4.79 Å². The molecule has 0 aliphatic heterocycles. The predicted octanol–water partition coefficient (Wildman–Crippen LogP) is 5.09. The Kier molecular flexibility index (Phi) is 7.95. The lowest BCUT2D eigenvalue weighted by atomic mass is 9.79. The first-order valence-electron chi connectivity index (χ1n) is 9.94. The minimum Gasteiger partial charge on any atom is -0.374 e. The van der Waals surface area contributed by atoms with E-state index in [1.807, 2.05) is 32.0 Å². The fraction of sp³-hybridized carbons (Fsp3) is 0.682. The van der Waals surface area contributed by atoms with Crippen LogP contribution in [-0.4, -0.2) is 18.1 Å². The lowest BCUT2D eigenvalue weighted by molar-refractivity contribution is -0.128. The summed E-state index contributed by atoms with van der Waals surface area (Å²) in [6.45, 7) is 7.45. The molecule has 0 aromatic heterocycles. The molecule has 3 nitrogen and oxygen atoms in total. The third-order valence-electron chi connectivity index (χ3n) is 5.22. The molecule has 2 rings (SSSR count). The number of carbonyl (C=O) groups excluding carboxylic acids is 1. The van der Waals surface area contributed by atoms with Crippen LogP contribution in [-0.2, 0) is 16.1 Å². The maximum Gasteiger partial charge on any atom is 0.223 e. The Labute approximate surface area is 153 Å². The van der Waals surface area contributed by atoms with Gasteiger partial charge < -0.3 is 10.1 Å². The molecule has 3 heteroatoms. The SMILES string of the molecule is CCCCC1CCC(C(=O)NC(C)(C)COCc2ccccc2)CC1. The van der Waals surface area contributed by atoms with Gasteiger partial charge in [0.1, 0.15) is 0 Å². The normalized spacial score (nSPS) is 21.1. The first-order valence-corrected chi connectivity index (χ1v) is 9.94. The number of ether oxygens (including phenoxy) is 1. The van der Waals surface area contributed by atoms with Crippen molar-refractivity contribution in [3.05, 3.63) is 35.9 Å². The summed E-state index contributed by atoms with van der Waals surface area (Å²) in [6, 6.07) is 10.2. The molecule has 140 valence electrons. The van der Waals surface area contributed by atoms with Crippen molar-refractivity contribution in [1.29, 1.82) is 0 Å². The summed E-state index contributed by atoms with van der Waals surface area (Å²) in [5.74, 6) is 1.24. The average Bonchev–Trinajstić information content (AvgIpc) is 2.60. The highest BCUT2D eigenvalue weighted by atomic mass is 16.5. The molecule has 0 unspecified atom stereocenters. The topological polar surface area (TPSA) is 38.3 Å². The highest BCUT2D eigenvalue weighted by Gasteiger charge is 2.29. The van der Waals surface area contributed by atoms with Crippen molar-refractivity contribution in [1.82, 2.24) is 5.32 Å². The Balaban J connectivity index is 1.69. The van der Waals surface area contributed by atoms with Gasteiger partial charge in [-0.1, -0.05) is 56.5 Å². The molecule has 0 spiro atoms. The van der Waals surface area contributed by atoms with Gasteiger partial charge in [0.25, 0.3) is 0 Å². The third-order valence-corrected chi connectivity index (χ3v) is 5.22. The molecule has 1 amide bonds. The van der Waals surface area contributed by atoms with Gasteiger partial charge in [0.05, 0.1) is 18.8 Å². The molecule has 0 radical (unpaired) electrons. The number of amides is 1. The molecule has 0 bridgehead atoms. The number of hydrogen-bond acceptors (Lipinski definition) is 2. The van der Waals surface area contributed by atoms with Crippen molar-refractivity contribution in [3.8, 4) is 0 Å². The molecule has 1 N–H and O–H groups in total. The fourth-order valence-electron chi connectivity index (χ4n) is 3.68. The van der Waals surface area contributed by atoms with Crippen molar-refractivity contribution >= 4 is 5.91 Å². The Bertz CT molecular complexity index is 504. The van der Waals surface area contributed by atoms with Crippen molar-refractivity contribution in [2.45, 2.75) is 77.9 Å². The Morgan fingerprint density at radius 3 is 2.48 bits per heavy atom. The maximum absolute atomic E-state index is 12.6. The number of rotatable bonds is 9. The van der Waals surface area contributed by atoms with E-state index in [0.29, 0.717) is 13.2 Å². The quantitative estimate of drug-likeness (QED) is 0.676. The Hall–Kier alpha value is -1.35. The number of benzene rings is 1. The van der Waals surface area contributed by atoms with Gasteiger partial charge in [-0.25, -0.2) is 0 Å². The number of nitrogens with one attached hydrogen (secondary N) is 1. The molecule has 0 heterocycles. The molecule has 1 aromatic rings. The van der Waals surface area contributed by atoms with E-state index in [2.05, 4.69) is 24.4 Å². The van der Waals surface area contributed by atoms with Gasteiger partial charge in [-0.15, -0.1) is 0 Å². The minimum atomic E-state index is -0.328. The molecule has 1 aromatic carbocycles. The molecule has 0 saturated heterocycles. The molecule has 1 aliphatic carbocycles. The summed E-state index contributed by atoms with van der Waals surface area (Å²) in [5, 5.41) is 3.21. The van der Waals surface area contributed by atoms with E-state index in [1.54, 1.807) is 0 Å². The van der Waals surface area contributed by atoms with Crippen molar-refractivity contribution in [2.24, 2.45) is 11.8 Å². The summed E-state index contributed by atoms with van der Waals surface area (Å²) in [5.41, 5.74) is 0.834. The minimum absolute atomic E-state index is 0.186. The van der Waals surface area contributed by atoms with Crippen LogP contribution in [0.15, 0.2) is 30.3 Å². The van der Waals surface area contributed by atoms with Crippen molar-refractivity contribution in [3.63, 3.8) is 0 Å². The van der Waals surface area contributed by atoms with Gasteiger partial charge >= 0.3 is 0 Å².